The lowest BCUT2D eigenvalue weighted by atomic mass is 10.1. The van der Waals surface area contributed by atoms with Gasteiger partial charge in [-0.3, -0.25) is 4.79 Å². The number of rotatable bonds is 3. The van der Waals surface area contributed by atoms with Crippen LogP contribution in [0.4, 0.5) is 5.69 Å². The molecule has 1 amide bonds. The summed E-state index contributed by atoms with van der Waals surface area (Å²) in [6.45, 7) is 0.461. The van der Waals surface area contributed by atoms with E-state index >= 15 is 0 Å². The van der Waals surface area contributed by atoms with Crippen molar-refractivity contribution < 1.29 is 4.79 Å². The van der Waals surface area contributed by atoms with Crippen molar-refractivity contribution in [3.8, 4) is 0 Å². The van der Waals surface area contributed by atoms with E-state index in [1.165, 1.54) is 6.20 Å². The molecule has 0 saturated heterocycles. The topological polar surface area (TPSA) is 68.0 Å². The Bertz CT molecular complexity index is 537. The molecule has 1 heterocycles. The van der Waals surface area contributed by atoms with Crippen LogP contribution in [0.2, 0.25) is 5.15 Å². The fraction of sp³-hybridized carbons (Fsp3) is 0.0769. The molecule has 2 aromatic rings. The van der Waals surface area contributed by atoms with Gasteiger partial charge in [-0.1, -0.05) is 23.7 Å². The third kappa shape index (κ3) is 3.06. The third-order valence-corrected chi connectivity index (χ3v) is 2.66. The van der Waals surface area contributed by atoms with Crippen LogP contribution in [0.25, 0.3) is 0 Å². The van der Waals surface area contributed by atoms with Crippen molar-refractivity contribution >= 4 is 23.2 Å². The zero-order valence-corrected chi connectivity index (χ0v) is 10.3. The molecule has 0 aliphatic carbocycles. The number of carbonyl (C=O) groups excluding carboxylic acids is 1. The molecule has 92 valence electrons. The highest BCUT2D eigenvalue weighted by Gasteiger charge is 2.05. The Morgan fingerprint density at radius 3 is 2.50 bits per heavy atom. The van der Waals surface area contributed by atoms with E-state index < -0.39 is 0 Å². The van der Waals surface area contributed by atoms with E-state index in [1.54, 1.807) is 24.3 Å². The molecule has 0 unspecified atom stereocenters. The first-order chi connectivity index (χ1) is 8.69. The average molecular weight is 262 g/mol. The zero-order valence-electron chi connectivity index (χ0n) is 9.56. The number of halogens is 1. The summed E-state index contributed by atoms with van der Waals surface area (Å²) in [6, 6.07) is 10.4. The summed E-state index contributed by atoms with van der Waals surface area (Å²) in [5, 5.41) is 3.12. The molecule has 0 aliphatic heterocycles. The summed E-state index contributed by atoms with van der Waals surface area (Å²) >= 11 is 5.66. The van der Waals surface area contributed by atoms with Gasteiger partial charge in [-0.25, -0.2) is 4.98 Å². The van der Waals surface area contributed by atoms with Gasteiger partial charge in [-0.2, -0.15) is 0 Å². The number of hydrogen-bond donors (Lipinski definition) is 2. The average Bonchev–Trinajstić information content (AvgIpc) is 2.41. The Kier molecular flexibility index (Phi) is 3.92. The summed E-state index contributed by atoms with van der Waals surface area (Å²) in [6.07, 6.45) is 1.51. The third-order valence-electron chi connectivity index (χ3n) is 2.44. The maximum Gasteiger partial charge on any atom is 0.255 e. The van der Waals surface area contributed by atoms with Crippen molar-refractivity contribution in [3.05, 3.63) is 58.9 Å². The SMILES string of the molecule is NCc1ccc(C(=O)Nc2ccc(Cl)nc2)cc1. The smallest absolute Gasteiger partial charge is 0.255 e. The number of pyridine rings is 1. The number of amides is 1. The minimum absolute atomic E-state index is 0.192. The molecule has 0 saturated carbocycles. The first-order valence-corrected chi connectivity index (χ1v) is 5.79. The first kappa shape index (κ1) is 12.5. The molecular weight excluding hydrogens is 250 g/mol. The molecule has 18 heavy (non-hydrogen) atoms. The minimum Gasteiger partial charge on any atom is -0.326 e. The van der Waals surface area contributed by atoms with Crippen LogP contribution in [0.15, 0.2) is 42.6 Å². The lowest BCUT2D eigenvalue weighted by Gasteiger charge is -2.05. The number of nitrogens with zero attached hydrogens (tertiary/aromatic N) is 1. The van der Waals surface area contributed by atoms with Crippen molar-refractivity contribution in [2.75, 3.05) is 5.32 Å². The Morgan fingerprint density at radius 1 is 1.22 bits per heavy atom. The molecule has 4 nitrogen and oxygen atoms in total. The molecular formula is C13H12ClN3O. The second-order valence-electron chi connectivity index (χ2n) is 3.72. The predicted octanol–water partition coefficient (Wildman–Crippen LogP) is 2.45. The summed E-state index contributed by atoms with van der Waals surface area (Å²) in [7, 11) is 0. The number of hydrogen-bond acceptors (Lipinski definition) is 3. The summed E-state index contributed by atoms with van der Waals surface area (Å²) < 4.78 is 0. The molecule has 5 heteroatoms. The Balaban J connectivity index is 2.09. The highest BCUT2D eigenvalue weighted by Crippen LogP contribution is 2.12. The molecule has 0 fully saturated rings. The van der Waals surface area contributed by atoms with Crippen LogP contribution < -0.4 is 11.1 Å². The predicted molar refractivity (Wildman–Crippen MR) is 71.5 cm³/mol. The van der Waals surface area contributed by atoms with Gasteiger partial charge < -0.3 is 11.1 Å². The van der Waals surface area contributed by atoms with E-state index in [4.69, 9.17) is 17.3 Å². The van der Waals surface area contributed by atoms with Crippen molar-refractivity contribution in [1.82, 2.24) is 4.98 Å². The molecule has 0 spiro atoms. The lowest BCUT2D eigenvalue weighted by molar-refractivity contribution is 0.102. The summed E-state index contributed by atoms with van der Waals surface area (Å²) in [5.41, 5.74) is 7.65. The maximum atomic E-state index is 11.9. The van der Waals surface area contributed by atoms with Crippen LogP contribution in [-0.2, 0) is 6.54 Å². The number of aromatic nitrogens is 1. The van der Waals surface area contributed by atoms with Crippen LogP contribution in [0.3, 0.4) is 0 Å². The molecule has 1 aromatic heterocycles. The van der Waals surface area contributed by atoms with Crippen molar-refractivity contribution in [1.29, 1.82) is 0 Å². The lowest BCUT2D eigenvalue weighted by Crippen LogP contribution is -2.12. The van der Waals surface area contributed by atoms with Crippen molar-refractivity contribution in [2.24, 2.45) is 5.73 Å². The van der Waals surface area contributed by atoms with E-state index in [2.05, 4.69) is 10.3 Å². The van der Waals surface area contributed by atoms with E-state index in [9.17, 15) is 4.79 Å². The van der Waals surface area contributed by atoms with Crippen LogP contribution in [0, 0.1) is 0 Å². The highest BCUT2D eigenvalue weighted by molar-refractivity contribution is 6.29. The molecule has 3 N–H and O–H groups in total. The fourth-order valence-electron chi connectivity index (χ4n) is 1.45. The van der Waals surface area contributed by atoms with E-state index in [-0.39, 0.29) is 5.91 Å². The first-order valence-electron chi connectivity index (χ1n) is 5.41. The Morgan fingerprint density at radius 2 is 1.94 bits per heavy atom. The van der Waals surface area contributed by atoms with Crippen molar-refractivity contribution in [2.45, 2.75) is 6.54 Å². The van der Waals surface area contributed by atoms with E-state index in [1.807, 2.05) is 12.1 Å². The molecule has 0 atom stereocenters. The molecule has 0 aliphatic rings. The van der Waals surface area contributed by atoms with Crippen LogP contribution in [0.1, 0.15) is 15.9 Å². The van der Waals surface area contributed by atoms with Crippen molar-refractivity contribution in [3.63, 3.8) is 0 Å². The van der Waals surface area contributed by atoms with Crippen LogP contribution in [-0.4, -0.2) is 10.9 Å². The number of benzene rings is 1. The Hall–Kier alpha value is -1.91. The van der Waals surface area contributed by atoms with Gasteiger partial charge in [0.15, 0.2) is 0 Å². The number of carbonyl (C=O) groups is 1. The van der Waals surface area contributed by atoms with Gasteiger partial charge in [0, 0.05) is 12.1 Å². The van der Waals surface area contributed by atoms with E-state index in [0.29, 0.717) is 22.9 Å². The van der Waals surface area contributed by atoms with Gasteiger partial charge in [-0.05, 0) is 29.8 Å². The normalized spacial score (nSPS) is 10.1. The highest BCUT2D eigenvalue weighted by atomic mass is 35.5. The molecule has 2 rings (SSSR count). The number of nitrogens with two attached hydrogens (primary N) is 1. The van der Waals surface area contributed by atoms with Gasteiger partial charge in [0.05, 0.1) is 11.9 Å². The number of nitrogens with one attached hydrogen (secondary N) is 1. The second-order valence-corrected chi connectivity index (χ2v) is 4.11. The zero-order chi connectivity index (χ0) is 13.0. The van der Waals surface area contributed by atoms with Gasteiger partial charge in [0.25, 0.3) is 5.91 Å². The van der Waals surface area contributed by atoms with E-state index in [0.717, 1.165) is 5.56 Å². The fourth-order valence-corrected chi connectivity index (χ4v) is 1.56. The summed E-state index contributed by atoms with van der Waals surface area (Å²) in [4.78, 5) is 15.8. The molecule has 1 aromatic carbocycles. The monoisotopic (exact) mass is 261 g/mol. The molecule has 0 radical (unpaired) electrons. The number of anilines is 1. The minimum atomic E-state index is -0.192. The van der Waals surface area contributed by atoms with Crippen LogP contribution >= 0.6 is 11.6 Å². The van der Waals surface area contributed by atoms with Crippen LogP contribution in [0.5, 0.6) is 0 Å². The summed E-state index contributed by atoms with van der Waals surface area (Å²) in [5.74, 6) is -0.192. The van der Waals surface area contributed by atoms with Gasteiger partial charge in [-0.15, -0.1) is 0 Å². The molecule has 0 bridgehead atoms. The quantitative estimate of drug-likeness (QED) is 0.834. The second kappa shape index (κ2) is 5.62. The standard InChI is InChI=1S/C13H12ClN3O/c14-12-6-5-11(8-16-12)17-13(18)10-3-1-9(7-15)2-4-10/h1-6,8H,7,15H2,(H,17,18). The maximum absolute atomic E-state index is 11.9. The van der Waals surface area contributed by atoms with Gasteiger partial charge in [0.1, 0.15) is 5.15 Å². The van der Waals surface area contributed by atoms with Gasteiger partial charge >= 0.3 is 0 Å². The Labute approximate surface area is 110 Å². The van der Waals surface area contributed by atoms with Gasteiger partial charge in [0.2, 0.25) is 0 Å². The largest absolute Gasteiger partial charge is 0.326 e.